The third-order valence-corrected chi connectivity index (χ3v) is 3.70. The van der Waals surface area contributed by atoms with E-state index in [1.54, 1.807) is 11.1 Å². The second kappa shape index (κ2) is 7.24. The van der Waals surface area contributed by atoms with E-state index in [-0.39, 0.29) is 5.91 Å². The topological polar surface area (TPSA) is 57.3 Å². The van der Waals surface area contributed by atoms with Crippen LogP contribution >= 0.6 is 0 Å². The van der Waals surface area contributed by atoms with Crippen LogP contribution in [0.2, 0.25) is 0 Å². The van der Waals surface area contributed by atoms with Crippen molar-refractivity contribution in [2.45, 2.75) is 32.7 Å². The molecule has 2 heterocycles. The Kier molecular flexibility index (Phi) is 5.35. The Morgan fingerprint density at radius 3 is 2.95 bits per heavy atom. The van der Waals surface area contributed by atoms with Crippen LogP contribution < -0.4 is 10.6 Å². The second-order valence-electron chi connectivity index (χ2n) is 5.09. The summed E-state index contributed by atoms with van der Waals surface area (Å²) in [7, 11) is 0. The number of amides is 1. The minimum absolute atomic E-state index is 0.000388. The molecule has 0 saturated carbocycles. The van der Waals surface area contributed by atoms with Crippen LogP contribution in [0.25, 0.3) is 0 Å². The minimum Gasteiger partial charge on any atom is -0.381 e. The summed E-state index contributed by atoms with van der Waals surface area (Å²) >= 11 is 0. The van der Waals surface area contributed by atoms with Crippen molar-refractivity contribution < 1.29 is 4.79 Å². The Morgan fingerprint density at radius 1 is 1.50 bits per heavy atom. The molecule has 1 amide bonds. The predicted octanol–water partition coefficient (Wildman–Crippen LogP) is 1.73. The molecule has 5 heteroatoms. The minimum atomic E-state index is 0.000388. The quantitative estimate of drug-likeness (QED) is 0.860. The predicted molar refractivity (Wildman–Crippen MR) is 81.0 cm³/mol. The fourth-order valence-electron chi connectivity index (χ4n) is 2.52. The van der Waals surface area contributed by atoms with Crippen molar-refractivity contribution in [3.63, 3.8) is 0 Å². The molecule has 0 radical (unpaired) electrons. The van der Waals surface area contributed by atoms with Crippen molar-refractivity contribution in [1.82, 2.24) is 15.2 Å². The smallest absolute Gasteiger partial charge is 0.272 e. The summed E-state index contributed by atoms with van der Waals surface area (Å²) in [6, 6.07) is 4.21. The fraction of sp³-hybridized carbons (Fsp3) is 0.600. The molecule has 1 atom stereocenters. The van der Waals surface area contributed by atoms with Gasteiger partial charge in [-0.1, -0.05) is 0 Å². The SMILES string of the molecule is CCN(CC)C(=O)c1cc(NC2CCCNC2)ccn1. The number of aromatic nitrogens is 1. The molecule has 2 rings (SSSR count). The van der Waals surface area contributed by atoms with Crippen LogP contribution in [0.3, 0.4) is 0 Å². The average molecular weight is 276 g/mol. The van der Waals surface area contributed by atoms with E-state index in [2.05, 4.69) is 15.6 Å². The van der Waals surface area contributed by atoms with Crippen LogP contribution in [0, 0.1) is 0 Å². The molecular weight excluding hydrogens is 252 g/mol. The lowest BCUT2D eigenvalue weighted by Crippen LogP contribution is -2.38. The molecule has 1 aliphatic rings. The van der Waals surface area contributed by atoms with Crippen LogP contribution in [0.4, 0.5) is 5.69 Å². The molecule has 2 N–H and O–H groups in total. The first-order valence-corrected chi connectivity index (χ1v) is 7.47. The van der Waals surface area contributed by atoms with Crippen LogP contribution in [0.5, 0.6) is 0 Å². The van der Waals surface area contributed by atoms with Crippen molar-refractivity contribution in [2.75, 3.05) is 31.5 Å². The van der Waals surface area contributed by atoms with Gasteiger partial charge in [-0.15, -0.1) is 0 Å². The second-order valence-corrected chi connectivity index (χ2v) is 5.09. The first-order valence-electron chi connectivity index (χ1n) is 7.47. The van der Waals surface area contributed by atoms with E-state index < -0.39 is 0 Å². The lowest BCUT2D eigenvalue weighted by Gasteiger charge is -2.25. The highest BCUT2D eigenvalue weighted by Crippen LogP contribution is 2.14. The van der Waals surface area contributed by atoms with Gasteiger partial charge in [0.15, 0.2) is 0 Å². The summed E-state index contributed by atoms with van der Waals surface area (Å²) in [6.07, 6.45) is 4.05. The van der Waals surface area contributed by atoms with Gasteiger partial charge in [0.05, 0.1) is 0 Å². The highest BCUT2D eigenvalue weighted by Gasteiger charge is 2.16. The molecule has 1 unspecified atom stereocenters. The number of nitrogens with one attached hydrogen (secondary N) is 2. The maximum Gasteiger partial charge on any atom is 0.272 e. The molecule has 1 aliphatic heterocycles. The lowest BCUT2D eigenvalue weighted by molar-refractivity contribution is 0.0767. The van der Waals surface area contributed by atoms with Gasteiger partial charge in [-0.3, -0.25) is 9.78 Å². The van der Waals surface area contributed by atoms with Gasteiger partial charge in [-0.25, -0.2) is 0 Å². The molecule has 0 bridgehead atoms. The molecule has 110 valence electrons. The van der Waals surface area contributed by atoms with E-state index in [1.807, 2.05) is 26.0 Å². The monoisotopic (exact) mass is 276 g/mol. The lowest BCUT2D eigenvalue weighted by atomic mass is 10.1. The van der Waals surface area contributed by atoms with Gasteiger partial charge in [0, 0.05) is 37.6 Å². The van der Waals surface area contributed by atoms with E-state index in [1.165, 1.54) is 6.42 Å². The standard InChI is InChI=1S/C15H24N4O/c1-3-19(4-2)15(20)14-10-12(7-9-17-14)18-13-6-5-8-16-11-13/h7,9-10,13,16H,3-6,8,11H2,1-2H3,(H,17,18). The number of hydrogen-bond donors (Lipinski definition) is 2. The molecular formula is C15H24N4O. The number of rotatable bonds is 5. The molecule has 1 saturated heterocycles. The third kappa shape index (κ3) is 3.70. The van der Waals surface area contributed by atoms with E-state index in [4.69, 9.17) is 0 Å². The molecule has 1 fully saturated rings. The van der Waals surface area contributed by atoms with Gasteiger partial charge in [0.25, 0.3) is 5.91 Å². The van der Waals surface area contributed by atoms with Crippen molar-refractivity contribution in [1.29, 1.82) is 0 Å². The highest BCUT2D eigenvalue weighted by molar-refractivity contribution is 5.93. The van der Waals surface area contributed by atoms with Crippen molar-refractivity contribution in [2.24, 2.45) is 0 Å². The molecule has 5 nitrogen and oxygen atoms in total. The zero-order valence-electron chi connectivity index (χ0n) is 12.4. The number of anilines is 1. The van der Waals surface area contributed by atoms with Gasteiger partial charge < -0.3 is 15.5 Å². The molecule has 0 aliphatic carbocycles. The Balaban J connectivity index is 2.05. The maximum atomic E-state index is 12.3. The van der Waals surface area contributed by atoms with Crippen molar-refractivity contribution in [3.8, 4) is 0 Å². The average Bonchev–Trinajstić information content (AvgIpc) is 2.49. The Labute approximate surface area is 120 Å². The van der Waals surface area contributed by atoms with E-state index >= 15 is 0 Å². The first-order chi connectivity index (χ1) is 9.74. The Bertz CT molecular complexity index is 439. The van der Waals surface area contributed by atoms with E-state index in [0.29, 0.717) is 24.8 Å². The van der Waals surface area contributed by atoms with E-state index in [9.17, 15) is 4.79 Å². The van der Waals surface area contributed by atoms with Crippen molar-refractivity contribution in [3.05, 3.63) is 24.0 Å². The highest BCUT2D eigenvalue weighted by atomic mass is 16.2. The molecule has 1 aromatic rings. The summed E-state index contributed by atoms with van der Waals surface area (Å²) in [5.41, 5.74) is 1.49. The van der Waals surface area contributed by atoms with Crippen LogP contribution in [-0.4, -0.2) is 48.0 Å². The Morgan fingerprint density at radius 2 is 2.30 bits per heavy atom. The number of carbonyl (C=O) groups excluding carboxylic acids is 1. The molecule has 1 aromatic heterocycles. The summed E-state index contributed by atoms with van der Waals surface area (Å²) in [4.78, 5) is 18.3. The summed E-state index contributed by atoms with van der Waals surface area (Å²) in [6.45, 7) is 7.46. The molecule has 20 heavy (non-hydrogen) atoms. The zero-order chi connectivity index (χ0) is 14.4. The summed E-state index contributed by atoms with van der Waals surface area (Å²) in [5, 5.41) is 6.85. The number of nitrogens with zero attached hydrogens (tertiary/aromatic N) is 2. The number of piperidine rings is 1. The maximum absolute atomic E-state index is 12.3. The number of hydrogen-bond acceptors (Lipinski definition) is 4. The van der Waals surface area contributed by atoms with E-state index in [0.717, 1.165) is 25.2 Å². The summed E-state index contributed by atoms with van der Waals surface area (Å²) in [5.74, 6) is 0.000388. The van der Waals surface area contributed by atoms with Crippen LogP contribution in [0.15, 0.2) is 18.3 Å². The normalized spacial score (nSPS) is 18.6. The van der Waals surface area contributed by atoms with Crippen LogP contribution in [0.1, 0.15) is 37.2 Å². The fourth-order valence-corrected chi connectivity index (χ4v) is 2.52. The van der Waals surface area contributed by atoms with Crippen LogP contribution in [-0.2, 0) is 0 Å². The third-order valence-electron chi connectivity index (χ3n) is 3.70. The molecule has 0 spiro atoms. The van der Waals surface area contributed by atoms with Gasteiger partial charge >= 0.3 is 0 Å². The van der Waals surface area contributed by atoms with Gasteiger partial charge in [0.1, 0.15) is 5.69 Å². The Hall–Kier alpha value is -1.62. The zero-order valence-corrected chi connectivity index (χ0v) is 12.4. The summed E-state index contributed by atoms with van der Waals surface area (Å²) < 4.78 is 0. The number of pyridine rings is 1. The van der Waals surface area contributed by atoms with Gasteiger partial charge in [-0.2, -0.15) is 0 Å². The van der Waals surface area contributed by atoms with Gasteiger partial charge in [0.2, 0.25) is 0 Å². The van der Waals surface area contributed by atoms with Gasteiger partial charge in [-0.05, 0) is 45.4 Å². The first kappa shape index (κ1) is 14.8. The largest absolute Gasteiger partial charge is 0.381 e. The molecule has 0 aromatic carbocycles. The van der Waals surface area contributed by atoms with Crippen molar-refractivity contribution >= 4 is 11.6 Å². The number of carbonyl (C=O) groups is 1.